The number of benzene rings is 1. The van der Waals surface area contributed by atoms with E-state index in [1.807, 2.05) is 0 Å². The van der Waals surface area contributed by atoms with E-state index in [4.69, 9.17) is 15.2 Å². The van der Waals surface area contributed by atoms with Crippen molar-refractivity contribution in [2.75, 3.05) is 13.2 Å². The highest BCUT2D eigenvalue weighted by Gasteiger charge is 2.25. The maximum absolute atomic E-state index is 6.26. The fourth-order valence-electron chi connectivity index (χ4n) is 2.82. The molecule has 0 bridgehead atoms. The molecule has 98 valence electrons. The summed E-state index contributed by atoms with van der Waals surface area (Å²) in [5.41, 5.74) is 8.76. The Bertz CT molecular complexity index is 444. The van der Waals surface area contributed by atoms with Gasteiger partial charge in [0.05, 0.1) is 12.7 Å². The normalized spacial score (nSPS) is 23.8. The third kappa shape index (κ3) is 2.42. The minimum atomic E-state index is 0.0649. The van der Waals surface area contributed by atoms with Gasteiger partial charge in [0, 0.05) is 23.5 Å². The van der Waals surface area contributed by atoms with Crippen molar-refractivity contribution in [2.24, 2.45) is 5.73 Å². The number of fused-ring (bicyclic) bond motifs is 1. The van der Waals surface area contributed by atoms with Gasteiger partial charge in [0.25, 0.3) is 0 Å². The molecule has 2 unspecified atom stereocenters. The van der Waals surface area contributed by atoms with E-state index in [2.05, 4.69) is 28.1 Å². The molecule has 0 aliphatic carbocycles. The summed E-state index contributed by atoms with van der Waals surface area (Å²) >= 11 is 3.56. The predicted molar refractivity (Wildman–Crippen MR) is 74.0 cm³/mol. The van der Waals surface area contributed by atoms with Crippen molar-refractivity contribution in [3.05, 3.63) is 27.7 Å². The molecular weight excluding hydrogens is 294 g/mol. The molecule has 0 radical (unpaired) electrons. The first kappa shape index (κ1) is 12.5. The highest BCUT2D eigenvalue weighted by molar-refractivity contribution is 9.10. The summed E-state index contributed by atoms with van der Waals surface area (Å²) in [6.07, 6.45) is 4.24. The molecule has 1 aromatic rings. The largest absolute Gasteiger partial charge is 0.493 e. The lowest BCUT2D eigenvalue weighted by atomic mass is 9.98. The minimum absolute atomic E-state index is 0.0649. The van der Waals surface area contributed by atoms with Crippen LogP contribution in [0.4, 0.5) is 0 Å². The van der Waals surface area contributed by atoms with Crippen molar-refractivity contribution in [1.29, 1.82) is 0 Å². The quantitative estimate of drug-likeness (QED) is 0.932. The highest BCUT2D eigenvalue weighted by Crippen LogP contribution is 2.34. The number of hydrogen-bond acceptors (Lipinski definition) is 3. The van der Waals surface area contributed by atoms with Crippen LogP contribution in [0.3, 0.4) is 0 Å². The molecule has 2 atom stereocenters. The smallest absolute Gasteiger partial charge is 0.125 e. The zero-order chi connectivity index (χ0) is 12.5. The maximum Gasteiger partial charge on any atom is 0.125 e. The van der Waals surface area contributed by atoms with Crippen molar-refractivity contribution in [2.45, 2.75) is 37.8 Å². The molecule has 18 heavy (non-hydrogen) atoms. The number of halogens is 1. The molecule has 3 nitrogen and oxygen atoms in total. The second-order valence-corrected chi connectivity index (χ2v) is 5.99. The van der Waals surface area contributed by atoms with E-state index in [9.17, 15) is 0 Å². The van der Waals surface area contributed by atoms with Gasteiger partial charge in [-0.3, -0.25) is 0 Å². The highest BCUT2D eigenvalue weighted by atomic mass is 79.9. The molecule has 4 heteroatoms. The van der Waals surface area contributed by atoms with Crippen LogP contribution in [0.25, 0.3) is 0 Å². The lowest BCUT2D eigenvalue weighted by molar-refractivity contribution is 0.0898. The van der Waals surface area contributed by atoms with Crippen LogP contribution in [0.1, 0.15) is 24.0 Å². The van der Waals surface area contributed by atoms with Gasteiger partial charge in [0.15, 0.2) is 0 Å². The average molecular weight is 312 g/mol. The Morgan fingerprint density at radius 3 is 3.06 bits per heavy atom. The van der Waals surface area contributed by atoms with E-state index in [0.717, 1.165) is 49.1 Å². The van der Waals surface area contributed by atoms with Gasteiger partial charge in [-0.05, 0) is 42.5 Å². The van der Waals surface area contributed by atoms with E-state index >= 15 is 0 Å². The maximum atomic E-state index is 6.26. The van der Waals surface area contributed by atoms with Crippen LogP contribution in [-0.2, 0) is 17.6 Å². The molecule has 1 saturated heterocycles. The van der Waals surface area contributed by atoms with E-state index in [0.29, 0.717) is 0 Å². The zero-order valence-electron chi connectivity index (χ0n) is 10.3. The first-order valence-corrected chi connectivity index (χ1v) is 7.34. The van der Waals surface area contributed by atoms with Crippen molar-refractivity contribution >= 4 is 15.9 Å². The lowest BCUT2D eigenvalue weighted by Gasteiger charge is -2.19. The molecule has 2 N–H and O–H groups in total. The molecule has 0 amide bonds. The molecule has 2 aliphatic rings. The molecule has 2 heterocycles. The van der Waals surface area contributed by atoms with Crippen LogP contribution in [0.2, 0.25) is 0 Å². The standard InChI is InChI=1S/C14H18BrNO2/c15-11-6-9-3-5-18-14(9)10(7-11)8-12(16)13-2-1-4-17-13/h6-7,12-13H,1-5,8,16H2. The van der Waals surface area contributed by atoms with Crippen molar-refractivity contribution in [3.63, 3.8) is 0 Å². The fourth-order valence-corrected chi connectivity index (χ4v) is 3.38. The first-order chi connectivity index (χ1) is 8.74. The van der Waals surface area contributed by atoms with Gasteiger partial charge < -0.3 is 15.2 Å². The molecule has 0 aromatic heterocycles. The predicted octanol–water partition coefficient (Wildman–Crippen LogP) is 2.43. The van der Waals surface area contributed by atoms with E-state index < -0.39 is 0 Å². The van der Waals surface area contributed by atoms with Gasteiger partial charge in [-0.25, -0.2) is 0 Å². The second kappa shape index (κ2) is 5.19. The molecule has 2 aliphatic heterocycles. The van der Waals surface area contributed by atoms with Crippen LogP contribution in [0.15, 0.2) is 16.6 Å². The average Bonchev–Trinajstić information content (AvgIpc) is 2.98. The van der Waals surface area contributed by atoms with Crippen LogP contribution >= 0.6 is 15.9 Å². The van der Waals surface area contributed by atoms with E-state index in [1.54, 1.807) is 0 Å². The number of ether oxygens (including phenoxy) is 2. The Labute approximate surface area is 116 Å². The van der Waals surface area contributed by atoms with Gasteiger partial charge in [0.2, 0.25) is 0 Å². The van der Waals surface area contributed by atoms with Crippen LogP contribution in [-0.4, -0.2) is 25.4 Å². The Hall–Kier alpha value is -0.580. The number of rotatable bonds is 3. The molecular formula is C14H18BrNO2. The monoisotopic (exact) mass is 311 g/mol. The summed E-state index contributed by atoms with van der Waals surface area (Å²) < 4.78 is 12.5. The summed E-state index contributed by atoms with van der Waals surface area (Å²) in [6.45, 7) is 1.64. The summed E-state index contributed by atoms with van der Waals surface area (Å²) in [7, 11) is 0. The van der Waals surface area contributed by atoms with Gasteiger partial charge >= 0.3 is 0 Å². The zero-order valence-corrected chi connectivity index (χ0v) is 11.9. The van der Waals surface area contributed by atoms with Gasteiger partial charge in [-0.1, -0.05) is 15.9 Å². The molecule has 1 fully saturated rings. The Kier molecular flexibility index (Phi) is 3.59. The molecule has 0 saturated carbocycles. The fraction of sp³-hybridized carbons (Fsp3) is 0.571. The summed E-state index contributed by atoms with van der Waals surface area (Å²) in [4.78, 5) is 0. The van der Waals surface area contributed by atoms with Gasteiger partial charge in [-0.2, -0.15) is 0 Å². The number of nitrogens with two attached hydrogens (primary N) is 1. The van der Waals surface area contributed by atoms with Crippen molar-refractivity contribution in [3.8, 4) is 5.75 Å². The third-order valence-electron chi connectivity index (χ3n) is 3.72. The SMILES string of the molecule is NC(Cc1cc(Br)cc2c1OCC2)C1CCCO1. The summed E-state index contributed by atoms with van der Waals surface area (Å²) in [5, 5.41) is 0. The van der Waals surface area contributed by atoms with Crippen LogP contribution in [0.5, 0.6) is 5.75 Å². The van der Waals surface area contributed by atoms with E-state index in [1.165, 1.54) is 11.1 Å². The van der Waals surface area contributed by atoms with Crippen molar-refractivity contribution < 1.29 is 9.47 Å². The Morgan fingerprint density at radius 1 is 1.39 bits per heavy atom. The van der Waals surface area contributed by atoms with Crippen molar-refractivity contribution in [1.82, 2.24) is 0 Å². The topological polar surface area (TPSA) is 44.5 Å². The van der Waals surface area contributed by atoms with Gasteiger partial charge in [-0.15, -0.1) is 0 Å². The van der Waals surface area contributed by atoms with E-state index in [-0.39, 0.29) is 12.1 Å². The van der Waals surface area contributed by atoms with Crippen LogP contribution in [0, 0.1) is 0 Å². The summed E-state index contributed by atoms with van der Waals surface area (Å²) in [6, 6.07) is 4.33. The second-order valence-electron chi connectivity index (χ2n) is 5.07. The van der Waals surface area contributed by atoms with Crippen LogP contribution < -0.4 is 10.5 Å². The lowest BCUT2D eigenvalue weighted by Crippen LogP contribution is -2.36. The third-order valence-corrected chi connectivity index (χ3v) is 4.18. The van der Waals surface area contributed by atoms with Gasteiger partial charge in [0.1, 0.15) is 5.75 Å². The Morgan fingerprint density at radius 2 is 2.28 bits per heavy atom. The Balaban J connectivity index is 1.79. The first-order valence-electron chi connectivity index (χ1n) is 6.55. The molecule has 1 aromatic carbocycles. The molecule has 3 rings (SSSR count). The molecule has 0 spiro atoms. The summed E-state index contributed by atoms with van der Waals surface area (Å²) in [5.74, 6) is 1.05. The number of hydrogen-bond donors (Lipinski definition) is 1. The minimum Gasteiger partial charge on any atom is -0.493 e.